The van der Waals surface area contributed by atoms with Gasteiger partial charge >= 0.3 is 0 Å². The van der Waals surface area contributed by atoms with Crippen molar-refractivity contribution in [2.45, 2.75) is 39.7 Å². The molecule has 0 spiro atoms. The highest BCUT2D eigenvalue weighted by Crippen LogP contribution is 2.32. The van der Waals surface area contributed by atoms with Gasteiger partial charge in [-0.2, -0.15) is 5.10 Å². The van der Waals surface area contributed by atoms with Gasteiger partial charge in [-0.05, 0) is 43.4 Å². The average molecular weight is 353 g/mol. The van der Waals surface area contributed by atoms with Crippen molar-refractivity contribution in [1.82, 2.24) is 20.1 Å². The maximum absolute atomic E-state index is 12.2. The van der Waals surface area contributed by atoms with Gasteiger partial charge in [0, 0.05) is 24.2 Å². The SMILES string of the molecule is Cc1cnc(NC(=O)C2CC2)cc1-c1cc2n(n1)[C@H](C(C)C)CNC2=O. The van der Waals surface area contributed by atoms with Crippen LogP contribution in [0.5, 0.6) is 0 Å². The van der Waals surface area contributed by atoms with E-state index in [0.29, 0.717) is 24.0 Å². The summed E-state index contributed by atoms with van der Waals surface area (Å²) in [5.41, 5.74) is 3.13. The zero-order valence-corrected chi connectivity index (χ0v) is 15.2. The molecule has 0 saturated heterocycles. The Balaban J connectivity index is 1.70. The molecule has 7 heteroatoms. The van der Waals surface area contributed by atoms with Crippen LogP contribution < -0.4 is 10.6 Å². The minimum absolute atomic E-state index is 0.0238. The average Bonchev–Trinajstić information content (AvgIpc) is 3.36. The summed E-state index contributed by atoms with van der Waals surface area (Å²) in [6.45, 7) is 6.78. The lowest BCUT2D eigenvalue weighted by Gasteiger charge is -2.27. The third kappa shape index (κ3) is 2.98. The Kier molecular flexibility index (Phi) is 4.01. The molecule has 1 atom stereocenters. The Morgan fingerprint density at radius 2 is 2.12 bits per heavy atom. The Labute approximate surface area is 152 Å². The van der Waals surface area contributed by atoms with Gasteiger partial charge in [-0.3, -0.25) is 14.3 Å². The maximum Gasteiger partial charge on any atom is 0.269 e. The van der Waals surface area contributed by atoms with Crippen molar-refractivity contribution in [3.8, 4) is 11.3 Å². The van der Waals surface area contributed by atoms with Crippen LogP contribution in [0.15, 0.2) is 18.3 Å². The molecule has 1 aliphatic heterocycles. The first-order valence-corrected chi connectivity index (χ1v) is 9.09. The molecule has 1 fully saturated rings. The van der Waals surface area contributed by atoms with Gasteiger partial charge in [0.2, 0.25) is 5.91 Å². The molecule has 2 aromatic heterocycles. The van der Waals surface area contributed by atoms with Crippen LogP contribution in [-0.2, 0) is 4.79 Å². The van der Waals surface area contributed by atoms with Crippen LogP contribution in [0.2, 0.25) is 0 Å². The smallest absolute Gasteiger partial charge is 0.269 e. The molecule has 0 aromatic carbocycles. The first kappa shape index (κ1) is 16.8. The van der Waals surface area contributed by atoms with Gasteiger partial charge in [0.05, 0.1) is 11.7 Å². The second-order valence-corrected chi connectivity index (χ2v) is 7.53. The first-order valence-electron chi connectivity index (χ1n) is 9.09. The van der Waals surface area contributed by atoms with Gasteiger partial charge in [-0.15, -0.1) is 0 Å². The van der Waals surface area contributed by atoms with Crippen molar-refractivity contribution in [3.63, 3.8) is 0 Å². The summed E-state index contributed by atoms with van der Waals surface area (Å²) >= 11 is 0. The number of fused-ring (bicyclic) bond motifs is 1. The minimum atomic E-state index is -0.102. The van der Waals surface area contributed by atoms with E-state index < -0.39 is 0 Å². The molecule has 4 rings (SSSR count). The molecular formula is C19H23N5O2. The highest BCUT2D eigenvalue weighted by Gasteiger charge is 2.31. The number of pyridine rings is 1. The molecule has 1 saturated carbocycles. The number of rotatable bonds is 4. The van der Waals surface area contributed by atoms with Crippen molar-refractivity contribution in [1.29, 1.82) is 0 Å². The molecule has 2 N–H and O–H groups in total. The molecule has 0 bridgehead atoms. The first-order chi connectivity index (χ1) is 12.4. The van der Waals surface area contributed by atoms with Crippen molar-refractivity contribution in [2.75, 3.05) is 11.9 Å². The predicted octanol–water partition coefficient (Wildman–Crippen LogP) is 2.54. The Morgan fingerprint density at radius 3 is 2.81 bits per heavy atom. The molecule has 26 heavy (non-hydrogen) atoms. The summed E-state index contributed by atoms with van der Waals surface area (Å²) in [7, 11) is 0. The number of amides is 2. The lowest BCUT2D eigenvalue weighted by atomic mass is 10.0. The molecule has 7 nitrogen and oxygen atoms in total. The summed E-state index contributed by atoms with van der Waals surface area (Å²) in [4.78, 5) is 28.5. The third-order valence-electron chi connectivity index (χ3n) is 5.10. The van der Waals surface area contributed by atoms with Crippen LogP contribution in [0.4, 0.5) is 5.82 Å². The lowest BCUT2D eigenvalue weighted by Crippen LogP contribution is -2.41. The maximum atomic E-state index is 12.2. The normalized spacial score (nSPS) is 19.2. The molecule has 2 aromatic rings. The number of aromatic nitrogens is 3. The number of anilines is 1. The highest BCUT2D eigenvalue weighted by atomic mass is 16.2. The molecule has 1 aliphatic carbocycles. The Bertz CT molecular complexity index is 882. The minimum Gasteiger partial charge on any atom is -0.349 e. The monoisotopic (exact) mass is 353 g/mol. The molecule has 2 aliphatic rings. The highest BCUT2D eigenvalue weighted by molar-refractivity contribution is 5.95. The Hall–Kier alpha value is -2.70. The van der Waals surface area contributed by atoms with Gasteiger partial charge in [-0.1, -0.05) is 13.8 Å². The molecule has 2 amide bonds. The van der Waals surface area contributed by atoms with Gasteiger partial charge in [-0.25, -0.2) is 4.98 Å². The lowest BCUT2D eigenvalue weighted by molar-refractivity contribution is -0.117. The zero-order chi connectivity index (χ0) is 18.4. The Morgan fingerprint density at radius 1 is 1.35 bits per heavy atom. The summed E-state index contributed by atoms with van der Waals surface area (Å²) in [6, 6.07) is 3.79. The fourth-order valence-corrected chi connectivity index (χ4v) is 3.28. The van der Waals surface area contributed by atoms with E-state index in [1.165, 1.54) is 0 Å². The van der Waals surface area contributed by atoms with E-state index in [1.54, 1.807) is 6.20 Å². The van der Waals surface area contributed by atoms with Crippen LogP contribution >= 0.6 is 0 Å². The largest absolute Gasteiger partial charge is 0.349 e. The van der Waals surface area contributed by atoms with E-state index in [1.807, 2.05) is 23.7 Å². The van der Waals surface area contributed by atoms with Crippen molar-refractivity contribution in [3.05, 3.63) is 29.6 Å². The number of nitrogens with one attached hydrogen (secondary N) is 2. The number of carbonyl (C=O) groups excluding carboxylic acids is 2. The van der Waals surface area contributed by atoms with E-state index in [0.717, 1.165) is 29.7 Å². The number of carbonyl (C=O) groups is 2. The van der Waals surface area contributed by atoms with Crippen molar-refractivity contribution >= 4 is 17.6 Å². The quantitative estimate of drug-likeness (QED) is 0.884. The second-order valence-electron chi connectivity index (χ2n) is 7.53. The molecule has 136 valence electrons. The van der Waals surface area contributed by atoms with Crippen molar-refractivity contribution in [2.24, 2.45) is 11.8 Å². The van der Waals surface area contributed by atoms with E-state index in [-0.39, 0.29) is 23.8 Å². The number of hydrogen-bond donors (Lipinski definition) is 2. The van der Waals surface area contributed by atoms with Crippen LogP contribution in [0, 0.1) is 18.8 Å². The van der Waals surface area contributed by atoms with Gasteiger partial charge in [0.1, 0.15) is 11.5 Å². The predicted molar refractivity (Wildman–Crippen MR) is 97.8 cm³/mol. The van der Waals surface area contributed by atoms with Gasteiger partial charge in [0.25, 0.3) is 5.91 Å². The standard InChI is InChI=1S/C19H23N5O2/c1-10(2)16-9-21-19(26)15-7-14(23-24(15)16)13-6-17(20-8-11(13)3)22-18(25)12-4-5-12/h6-8,10,12,16H,4-5,9H2,1-3H3,(H,21,26)(H,20,22,25)/t16-/m0/s1. The molecule has 0 radical (unpaired) electrons. The van der Waals surface area contributed by atoms with Gasteiger partial charge in [0.15, 0.2) is 0 Å². The van der Waals surface area contributed by atoms with Crippen LogP contribution in [-0.4, -0.2) is 33.1 Å². The summed E-state index contributed by atoms with van der Waals surface area (Å²) in [5.74, 6) is 0.926. The van der Waals surface area contributed by atoms with Gasteiger partial charge < -0.3 is 10.6 Å². The molecule has 3 heterocycles. The van der Waals surface area contributed by atoms with E-state index in [2.05, 4.69) is 29.5 Å². The van der Waals surface area contributed by atoms with Crippen LogP contribution in [0.25, 0.3) is 11.3 Å². The van der Waals surface area contributed by atoms with Crippen LogP contribution in [0.3, 0.4) is 0 Å². The second kappa shape index (κ2) is 6.23. The third-order valence-corrected chi connectivity index (χ3v) is 5.10. The zero-order valence-electron chi connectivity index (χ0n) is 15.2. The number of aryl methyl sites for hydroxylation is 1. The molecule has 0 unspecified atom stereocenters. The topological polar surface area (TPSA) is 88.9 Å². The van der Waals surface area contributed by atoms with E-state index >= 15 is 0 Å². The fraction of sp³-hybridized carbons (Fsp3) is 0.474. The van der Waals surface area contributed by atoms with E-state index in [4.69, 9.17) is 5.10 Å². The summed E-state index contributed by atoms with van der Waals surface area (Å²) in [5, 5.41) is 10.5. The van der Waals surface area contributed by atoms with Crippen molar-refractivity contribution < 1.29 is 9.59 Å². The molecular weight excluding hydrogens is 330 g/mol. The summed E-state index contributed by atoms with van der Waals surface area (Å²) < 4.78 is 1.83. The fourth-order valence-electron chi connectivity index (χ4n) is 3.28. The number of nitrogens with zero attached hydrogens (tertiary/aromatic N) is 3. The van der Waals surface area contributed by atoms with Crippen LogP contribution in [0.1, 0.15) is 48.8 Å². The van der Waals surface area contributed by atoms with E-state index in [9.17, 15) is 9.59 Å². The summed E-state index contributed by atoms with van der Waals surface area (Å²) in [6.07, 6.45) is 3.63. The number of hydrogen-bond acceptors (Lipinski definition) is 4.